The number of benzene rings is 1. The molecule has 33 heavy (non-hydrogen) atoms. The van der Waals surface area contributed by atoms with E-state index in [1.165, 1.54) is 12.1 Å². The zero-order valence-electron chi connectivity index (χ0n) is 18.4. The summed E-state index contributed by atoms with van der Waals surface area (Å²) in [7, 11) is 0. The molecule has 0 spiro atoms. The Morgan fingerprint density at radius 3 is 2.48 bits per heavy atom. The zero-order valence-corrected chi connectivity index (χ0v) is 18.4. The van der Waals surface area contributed by atoms with E-state index in [-0.39, 0.29) is 24.5 Å². The zero-order chi connectivity index (χ0) is 23.4. The summed E-state index contributed by atoms with van der Waals surface area (Å²) in [5.41, 5.74) is 0.0455. The predicted octanol–water partition coefficient (Wildman–Crippen LogP) is 3.65. The summed E-state index contributed by atoms with van der Waals surface area (Å²) in [5, 5.41) is 4.09. The number of amides is 2. The van der Waals surface area contributed by atoms with E-state index in [0.717, 1.165) is 17.7 Å². The number of ether oxygens (including phenoxy) is 2. The predicted molar refractivity (Wildman–Crippen MR) is 111 cm³/mol. The highest BCUT2D eigenvalue weighted by Crippen LogP contribution is 2.37. The van der Waals surface area contributed by atoms with Gasteiger partial charge in [0.1, 0.15) is 6.61 Å². The quantitative estimate of drug-likeness (QED) is 0.667. The van der Waals surface area contributed by atoms with Gasteiger partial charge in [0.2, 0.25) is 0 Å². The van der Waals surface area contributed by atoms with E-state index in [1.807, 2.05) is 6.92 Å². The van der Waals surface area contributed by atoms with Crippen LogP contribution in [0, 0.1) is 0 Å². The van der Waals surface area contributed by atoms with Crippen LogP contribution in [0.5, 0.6) is 0 Å². The van der Waals surface area contributed by atoms with Crippen LogP contribution in [0.25, 0.3) is 0 Å². The van der Waals surface area contributed by atoms with Crippen molar-refractivity contribution in [2.45, 2.75) is 38.0 Å². The minimum absolute atomic E-state index is 0.113. The first-order valence-corrected chi connectivity index (χ1v) is 11.0. The van der Waals surface area contributed by atoms with E-state index < -0.39 is 11.7 Å². The van der Waals surface area contributed by atoms with E-state index in [9.17, 15) is 18.0 Å². The van der Waals surface area contributed by atoms with Crippen molar-refractivity contribution in [2.75, 3.05) is 46.0 Å². The van der Waals surface area contributed by atoms with Gasteiger partial charge in [-0.05, 0) is 31.0 Å². The number of hydrogen-bond acceptors (Lipinski definition) is 6. The Balaban J connectivity index is 1.56. The van der Waals surface area contributed by atoms with Gasteiger partial charge in [-0.3, -0.25) is 0 Å². The number of carbonyl (C=O) groups excluding carboxylic acids is 1. The monoisotopic (exact) mass is 468 g/mol. The van der Waals surface area contributed by atoms with Crippen molar-refractivity contribution >= 4 is 6.03 Å². The first-order valence-electron chi connectivity index (χ1n) is 11.0. The summed E-state index contributed by atoms with van der Waals surface area (Å²) in [6.45, 7) is 5.37. The van der Waals surface area contributed by atoms with Gasteiger partial charge in [0, 0.05) is 44.6 Å². The third-order valence-electron chi connectivity index (χ3n) is 5.99. The molecule has 0 bridgehead atoms. The summed E-state index contributed by atoms with van der Waals surface area (Å²) < 4.78 is 55.0. The molecule has 2 aliphatic heterocycles. The lowest BCUT2D eigenvalue weighted by Gasteiger charge is -2.40. The Morgan fingerprint density at radius 1 is 1.12 bits per heavy atom. The van der Waals surface area contributed by atoms with Crippen molar-refractivity contribution < 1.29 is 32.0 Å². The first kappa shape index (κ1) is 23.5. The number of piperidine rings is 1. The normalized spacial score (nSPS) is 21.9. The Kier molecular flexibility index (Phi) is 7.18. The Hall–Kier alpha value is -2.66. The molecule has 2 atom stereocenters. The van der Waals surface area contributed by atoms with Crippen molar-refractivity contribution in [3.8, 4) is 0 Å². The van der Waals surface area contributed by atoms with Gasteiger partial charge >= 0.3 is 12.2 Å². The van der Waals surface area contributed by atoms with Gasteiger partial charge in [0.25, 0.3) is 5.89 Å². The van der Waals surface area contributed by atoms with Gasteiger partial charge in [-0.25, -0.2) is 4.79 Å². The molecule has 3 heterocycles. The Morgan fingerprint density at radius 2 is 1.82 bits per heavy atom. The minimum atomic E-state index is -4.40. The van der Waals surface area contributed by atoms with Gasteiger partial charge in [0.05, 0.1) is 18.8 Å². The lowest BCUT2D eigenvalue weighted by molar-refractivity contribution is -0.137. The molecule has 1 aromatic carbocycles. The second kappa shape index (κ2) is 10.1. The van der Waals surface area contributed by atoms with Crippen molar-refractivity contribution in [1.82, 2.24) is 19.9 Å². The molecule has 8 nitrogen and oxygen atoms in total. The van der Waals surface area contributed by atoms with Crippen LogP contribution in [0.3, 0.4) is 0 Å². The number of halogens is 3. The fourth-order valence-electron chi connectivity index (χ4n) is 4.26. The number of urea groups is 1. The summed E-state index contributed by atoms with van der Waals surface area (Å²) >= 11 is 0. The van der Waals surface area contributed by atoms with Gasteiger partial charge in [0.15, 0.2) is 5.82 Å². The maximum atomic E-state index is 13.2. The van der Waals surface area contributed by atoms with Crippen LogP contribution in [0.1, 0.15) is 48.0 Å². The SMILES string of the molecule is CCOCc1nc(C2CC(c3ccc(C(F)(F)F)cc3)CN(C(=O)N3CCOCC3)C2)no1. The second-order valence-electron chi connectivity index (χ2n) is 8.22. The molecule has 11 heteroatoms. The Labute approximate surface area is 189 Å². The smallest absolute Gasteiger partial charge is 0.378 e. The molecule has 2 unspecified atom stereocenters. The third-order valence-corrected chi connectivity index (χ3v) is 5.99. The highest BCUT2D eigenvalue weighted by Gasteiger charge is 2.37. The van der Waals surface area contributed by atoms with Gasteiger partial charge in [-0.1, -0.05) is 17.3 Å². The summed E-state index contributed by atoms with van der Waals surface area (Å²) in [6.07, 6.45) is -3.81. The maximum Gasteiger partial charge on any atom is 0.416 e. The molecule has 4 rings (SSSR count). The van der Waals surface area contributed by atoms with Crippen LogP contribution in [0.15, 0.2) is 28.8 Å². The van der Waals surface area contributed by atoms with E-state index >= 15 is 0 Å². The van der Waals surface area contributed by atoms with E-state index in [1.54, 1.807) is 9.80 Å². The highest BCUT2D eigenvalue weighted by molar-refractivity contribution is 5.75. The molecule has 0 radical (unpaired) electrons. The van der Waals surface area contributed by atoms with Gasteiger partial charge in [-0.15, -0.1) is 0 Å². The van der Waals surface area contributed by atoms with Crippen molar-refractivity contribution in [3.63, 3.8) is 0 Å². The molecule has 2 saturated heterocycles. The van der Waals surface area contributed by atoms with Crippen LogP contribution in [0.2, 0.25) is 0 Å². The molecule has 0 saturated carbocycles. The van der Waals surface area contributed by atoms with Crippen LogP contribution in [-0.4, -0.2) is 72.0 Å². The molecule has 0 N–H and O–H groups in total. The highest BCUT2D eigenvalue weighted by atomic mass is 19.4. The first-order chi connectivity index (χ1) is 15.8. The molecule has 2 fully saturated rings. The van der Waals surface area contributed by atoms with Gasteiger partial charge < -0.3 is 23.8 Å². The second-order valence-corrected chi connectivity index (χ2v) is 8.22. The number of likely N-dealkylation sites (tertiary alicyclic amines) is 1. The van der Waals surface area contributed by atoms with Crippen LogP contribution >= 0.6 is 0 Å². The fourth-order valence-corrected chi connectivity index (χ4v) is 4.26. The average Bonchev–Trinajstić information content (AvgIpc) is 3.31. The van der Waals surface area contributed by atoms with E-state index in [0.29, 0.717) is 64.1 Å². The number of rotatable bonds is 5. The van der Waals surface area contributed by atoms with Gasteiger partial charge in [-0.2, -0.15) is 18.2 Å². The topological polar surface area (TPSA) is 80.9 Å². The van der Waals surface area contributed by atoms with Crippen LogP contribution in [0.4, 0.5) is 18.0 Å². The number of nitrogens with zero attached hydrogens (tertiary/aromatic N) is 4. The number of aromatic nitrogens is 2. The fraction of sp³-hybridized carbons (Fsp3) is 0.591. The molecule has 2 aliphatic rings. The van der Waals surface area contributed by atoms with E-state index in [4.69, 9.17) is 14.0 Å². The molecule has 0 aliphatic carbocycles. The van der Waals surface area contributed by atoms with Crippen LogP contribution in [-0.2, 0) is 22.3 Å². The number of alkyl halides is 3. The lowest BCUT2D eigenvalue weighted by Crippen LogP contribution is -2.52. The Bertz CT molecular complexity index is 928. The van der Waals surface area contributed by atoms with E-state index in [2.05, 4.69) is 10.1 Å². The number of carbonyl (C=O) groups is 1. The third kappa shape index (κ3) is 5.64. The average molecular weight is 468 g/mol. The van der Waals surface area contributed by atoms with Crippen molar-refractivity contribution in [2.24, 2.45) is 0 Å². The summed E-state index contributed by atoms with van der Waals surface area (Å²) in [5.74, 6) is 0.454. The number of hydrogen-bond donors (Lipinski definition) is 0. The molecule has 2 aromatic rings. The van der Waals surface area contributed by atoms with Crippen LogP contribution < -0.4 is 0 Å². The molecule has 2 amide bonds. The molecular weight excluding hydrogens is 441 g/mol. The minimum Gasteiger partial charge on any atom is -0.378 e. The molecule has 180 valence electrons. The van der Waals surface area contributed by atoms with Crippen molar-refractivity contribution in [1.29, 1.82) is 0 Å². The number of morpholine rings is 1. The summed E-state index contributed by atoms with van der Waals surface area (Å²) in [4.78, 5) is 21.1. The largest absolute Gasteiger partial charge is 0.416 e. The standard InChI is InChI=1S/C22H27F3N4O4/c1-2-31-14-19-26-20(27-33-19)17-11-16(15-3-5-18(6-4-15)22(23,24)25)12-29(13-17)21(30)28-7-9-32-10-8-28/h3-6,16-17H,2,7-14H2,1H3. The molecule has 1 aromatic heterocycles. The van der Waals surface area contributed by atoms with Crippen molar-refractivity contribution in [3.05, 3.63) is 47.1 Å². The summed E-state index contributed by atoms with van der Waals surface area (Å²) in [6, 6.07) is 5.04. The maximum absolute atomic E-state index is 13.2. The molecular formula is C22H27F3N4O4. The lowest BCUT2D eigenvalue weighted by atomic mass is 9.84.